The minimum atomic E-state index is -2.86. The Labute approximate surface area is 105 Å². The van der Waals surface area contributed by atoms with Crippen LogP contribution in [0, 0.1) is 5.82 Å². The van der Waals surface area contributed by atoms with Gasteiger partial charge >= 0.3 is 0 Å². The van der Waals surface area contributed by atoms with Gasteiger partial charge in [-0.15, -0.1) is 0 Å². The Bertz CT molecular complexity index is 504. The summed E-state index contributed by atoms with van der Waals surface area (Å²) in [6.07, 6.45) is 1.12. The first-order valence-electron chi connectivity index (χ1n) is 5.38. The van der Waals surface area contributed by atoms with Crippen LogP contribution in [0.1, 0.15) is 12.8 Å². The van der Waals surface area contributed by atoms with Crippen molar-refractivity contribution in [2.45, 2.75) is 18.9 Å². The molecule has 94 valence electrons. The minimum Gasteiger partial charge on any atom is -0.382 e. The van der Waals surface area contributed by atoms with E-state index in [2.05, 4.69) is 5.32 Å². The third-order valence-electron chi connectivity index (χ3n) is 2.85. The second-order valence-electron chi connectivity index (χ2n) is 4.20. The molecule has 0 aromatic heterocycles. The van der Waals surface area contributed by atoms with Crippen molar-refractivity contribution in [2.24, 2.45) is 0 Å². The van der Waals surface area contributed by atoms with Gasteiger partial charge < -0.3 is 5.32 Å². The molecule has 0 bridgehead atoms. The van der Waals surface area contributed by atoms with Gasteiger partial charge in [0.05, 0.1) is 16.5 Å². The first kappa shape index (κ1) is 12.6. The molecule has 6 heteroatoms. The van der Waals surface area contributed by atoms with Gasteiger partial charge in [-0.05, 0) is 31.0 Å². The molecule has 1 saturated heterocycles. The second-order valence-corrected chi connectivity index (χ2v) is 6.91. The monoisotopic (exact) mass is 277 g/mol. The summed E-state index contributed by atoms with van der Waals surface area (Å²) in [4.78, 5) is 0. The number of rotatable bonds is 2. The zero-order chi connectivity index (χ0) is 12.5. The minimum absolute atomic E-state index is 0.0825. The van der Waals surface area contributed by atoms with Crippen LogP contribution >= 0.6 is 11.6 Å². The summed E-state index contributed by atoms with van der Waals surface area (Å²) >= 11 is 5.58. The van der Waals surface area contributed by atoms with Crippen molar-refractivity contribution >= 4 is 27.1 Å². The molecule has 0 spiro atoms. The van der Waals surface area contributed by atoms with E-state index in [1.54, 1.807) is 6.07 Å². The fourth-order valence-corrected chi connectivity index (χ4v) is 3.46. The Kier molecular flexibility index (Phi) is 3.58. The SMILES string of the molecule is O=S1(=O)CCC(Nc2ccc(Cl)c(F)c2)CC1. The molecular weight excluding hydrogens is 265 g/mol. The highest BCUT2D eigenvalue weighted by atomic mass is 35.5. The molecule has 1 aliphatic rings. The first-order chi connectivity index (χ1) is 7.96. The van der Waals surface area contributed by atoms with Crippen LogP contribution in [0.4, 0.5) is 10.1 Å². The van der Waals surface area contributed by atoms with Gasteiger partial charge in [0.1, 0.15) is 15.7 Å². The van der Waals surface area contributed by atoms with Crippen LogP contribution < -0.4 is 5.32 Å². The van der Waals surface area contributed by atoms with E-state index in [0.717, 1.165) is 0 Å². The molecule has 0 saturated carbocycles. The molecule has 3 nitrogen and oxygen atoms in total. The van der Waals surface area contributed by atoms with Crippen molar-refractivity contribution in [2.75, 3.05) is 16.8 Å². The molecule has 0 radical (unpaired) electrons. The van der Waals surface area contributed by atoms with E-state index in [0.29, 0.717) is 18.5 Å². The summed E-state index contributed by atoms with van der Waals surface area (Å²) in [7, 11) is -2.86. The van der Waals surface area contributed by atoms with Crippen molar-refractivity contribution in [1.82, 2.24) is 0 Å². The lowest BCUT2D eigenvalue weighted by molar-refractivity contribution is 0.559. The van der Waals surface area contributed by atoms with Gasteiger partial charge in [0, 0.05) is 11.7 Å². The van der Waals surface area contributed by atoms with Crippen LogP contribution in [0.15, 0.2) is 18.2 Å². The van der Waals surface area contributed by atoms with Crippen LogP contribution in [0.2, 0.25) is 5.02 Å². The maximum absolute atomic E-state index is 13.2. The Balaban J connectivity index is 2.00. The highest BCUT2D eigenvalue weighted by Gasteiger charge is 2.23. The van der Waals surface area contributed by atoms with Crippen molar-refractivity contribution < 1.29 is 12.8 Å². The van der Waals surface area contributed by atoms with Crippen molar-refractivity contribution in [3.63, 3.8) is 0 Å². The summed E-state index contributed by atoms with van der Waals surface area (Å²) in [5.41, 5.74) is 0.635. The van der Waals surface area contributed by atoms with E-state index in [1.165, 1.54) is 12.1 Å². The number of hydrogen-bond donors (Lipinski definition) is 1. The van der Waals surface area contributed by atoms with Crippen molar-refractivity contribution in [3.8, 4) is 0 Å². The largest absolute Gasteiger partial charge is 0.382 e. The number of sulfone groups is 1. The predicted molar refractivity (Wildman–Crippen MR) is 66.7 cm³/mol. The van der Waals surface area contributed by atoms with Crippen LogP contribution in [-0.4, -0.2) is 26.0 Å². The maximum atomic E-state index is 13.2. The lowest BCUT2D eigenvalue weighted by Gasteiger charge is -2.24. The molecular formula is C11H13ClFNO2S. The summed E-state index contributed by atoms with van der Waals surface area (Å²) < 4.78 is 35.7. The van der Waals surface area contributed by atoms with Crippen LogP contribution in [0.3, 0.4) is 0 Å². The molecule has 0 unspecified atom stereocenters. The van der Waals surface area contributed by atoms with Crippen molar-refractivity contribution in [1.29, 1.82) is 0 Å². The van der Waals surface area contributed by atoms with E-state index >= 15 is 0 Å². The number of nitrogens with one attached hydrogen (secondary N) is 1. The molecule has 1 heterocycles. The van der Waals surface area contributed by atoms with Gasteiger partial charge in [-0.2, -0.15) is 0 Å². The molecule has 1 aromatic rings. The number of hydrogen-bond acceptors (Lipinski definition) is 3. The average molecular weight is 278 g/mol. The third-order valence-corrected chi connectivity index (χ3v) is 4.87. The smallest absolute Gasteiger partial charge is 0.150 e. The molecule has 1 N–H and O–H groups in total. The van der Waals surface area contributed by atoms with Gasteiger partial charge in [0.25, 0.3) is 0 Å². The average Bonchev–Trinajstić information content (AvgIpc) is 2.27. The van der Waals surface area contributed by atoms with Gasteiger partial charge in [0.2, 0.25) is 0 Å². The zero-order valence-electron chi connectivity index (χ0n) is 9.12. The van der Waals surface area contributed by atoms with Gasteiger partial charge in [-0.25, -0.2) is 12.8 Å². The Hall–Kier alpha value is -0.810. The second kappa shape index (κ2) is 4.82. The molecule has 17 heavy (non-hydrogen) atoms. The Morgan fingerprint density at radius 1 is 1.29 bits per heavy atom. The predicted octanol–water partition coefficient (Wildman–Crippen LogP) is 2.47. The molecule has 0 aliphatic carbocycles. The lowest BCUT2D eigenvalue weighted by Crippen LogP contribution is -2.32. The fourth-order valence-electron chi connectivity index (χ4n) is 1.86. The third kappa shape index (κ3) is 3.33. The molecule has 1 fully saturated rings. The number of benzene rings is 1. The molecule has 1 aliphatic heterocycles. The highest BCUT2D eigenvalue weighted by Crippen LogP contribution is 2.22. The first-order valence-corrected chi connectivity index (χ1v) is 7.58. The Morgan fingerprint density at radius 2 is 1.94 bits per heavy atom. The van der Waals surface area contributed by atoms with E-state index in [1.807, 2.05) is 0 Å². The summed E-state index contributed by atoms with van der Waals surface area (Å²) in [6, 6.07) is 4.58. The molecule has 2 rings (SSSR count). The summed E-state index contributed by atoms with van der Waals surface area (Å²) in [5, 5.41) is 3.21. The standard InChI is InChI=1S/C11H13ClFNO2S/c12-10-2-1-9(7-11(10)13)14-8-3-5-17(15,16)6-4-8/h1-2,7-8,14H,3-6H2. The Morgan fingerprint density at radius 3 is 2.53 bits per heavy atom. The van der Waals surface area contributed by atoms with E-state index in [4.69, 9.17) is 11.6 Å². The van der Waals surface area contributed by atoms with Gasteiger partial charge in [-0.1, -0.05) is 11.6 Å². The highest BCUT2D eigenvalue weighted by molar-refractivity contribution is 7.91. The van der Waals surface area contributed by atoms with Crippen LogP contribution in [0.25, 0.3) is 0 Å². The molecule has 0 amide bonds. The quantitative estimate of drug-likeness (QED) is 0.903. The van der Waals surface area contributed by atoms with E-state index < -0.39 is 15.7 Å². The normalized spacial score (nSPS) is 20.1. The lowest BCUT2D eigenvalue weighted by atomic mass is 10.1. The molecule has 1 aromatic carbocycles. The molecule has 0 atom stereocenters. The fraction of sp³-hybridized carbons (Fsp3) is 0.455. The maximum Gasteiger partial charge on any atom is 0.150 e. The van der Waals surface area contributed by atoms with E-state index in [9.17, 15) is 12.8 Å². The topological polar surface area (TPSA) is 46.2 Å². The van der Waals surface area contributed by atoms with Crippen LogP contribution in [0.5, 0.6) is 0 Å². The van der Waals surface area contributed by atoms with E-state index in [-0.39, 0.29) is 22.6 Å². The van der Waals surface area contributed by atoms with Crippen molar-refractivity contribution in [3.05, 3.63) is 29.0 Å². The summed E-state index contributed by atoms with van der Waals surface area (Å²) in [5.74, 6) is -0.0818. The number of halogens is 2. The van der Waals surface area contributed by atoms with Crippen LogP contribution in [-0.2, 0) is 9.84 Å². The van der Waals surface area contributed by atoms with Gasteiger partial charge in [0.15, 0.2) is 0 Å². The summed E-state index contributed by atoms with van der Waals surface area (Å²) in [6.45, 7) is 0. The van der Waals surface area contributed by atoms with Gasteiger partial charge in [-0.3, -0.25) is 0 Å². The zero-order valence-corrected chi connectivity index (χ0v) is 10.7. The number of anilines is 1.